The number of aliphatic imine (C=N–C) groups is 2. The molecule has 2 unspecified atom stereocenters. The van der Waals surface area contributed by atoms with Crippen LogP contribution in [0.3, 0.4) is 0 Å². The zero-order valence-corrected chi connectivity index (χ0v) is 13.9. The molecule has 0 radical (unpaired) electrons. The second-order valence-corrected chi connectivity index (χ2v) is 6.05. The molecule has 2 aromatic carbocycles. The van der Waals surface area contributed by atoms with Gasteiger partial charge in [0.05, 0.1) is 13.0 Å². The SMILES string of the molecule is COc1ccc(N2C=C(c3ccccc3)C3C(Cl)=NC=NC32)cc1. The molecule has 0 saturated carbocycles. The fourth-order valence-electron chi connectivity index (χ4n) is 3.14. The fraction of sp³-hybridized carbons (Fsp3) is 0.158. The first-order valence-electron chi connectivity index (χ1n) is 7.72. The van der Waals surface area contributed by atoms with Crippen molar-refractivity contribution in [2.24, 2.45) is 15.9 Å². The summed E-state index contributed by atoms with van der Waals surface area (Å²) in [6.45, 7) is 0. The van der Waals surface area contributed by atoms with Crippen LogP contribution in [0.5, 0.6) is 5.75 Å². The largest absolute Gasteiger partial charge is 0.497 e. The van der Waals surface area contributed by atoms with Crippen molar-refractivity contribution >= 4 is 34.4 Å². The average molecular weight is 338 g/mol. The summed E-state index contributed by atoms with van der Waals surface area (Å²) < 4.78 is 5.24. The Kier molecular flexibility index (Phi) is 3.82. The first-order chi connectivity index (χ1) is 11.8. The summed E-state index contributed by atoms with van der Waals surface area (Å²) in [5.41, 5.74) is 3.30. The molecule has 0 amide bonds. The Morgan fingerprint density at radius 1 is 1.04 bits per heavy atom. The first kappa shape index (κ1) is 15.0. The van der Waals surface area contributed by atoms with E-state index >= 15 is 0 Å². The van der Waals surface area contributed by atoms with Crippen molar-refractivity contribution in [1.29, 1.82) is 0 Å². The number of nitrogens with zero attached hydrogens (tertiary/aromatic N) is 3. The van der Waals surface area contributed by atoms with Gasteiger partial charge in [-0.3, -0.25) is 0 Å². The zero-order chi connectivity index (χ0) is 16.5. The summed E-state index contributed by atoms with van der Waals surface area (Å²) in [6, 6.07) is 18.2. The van der Waals surface area contributed by atoms with E-state index in [-0.39, 0.29) is 12.1 Å². The summed E-state index contributed by atoms with van der Waals surface area (Å²) in [5.74, 6) is 0.773. The van der Waals surface area contributed by atoms with E-state index in [1.807, 2.05) is 42.5 Å². The van der Waals surface area contributed by atoms with E-state index in [1.54, 1.807) is 13.4 Å². The van der Waals surface area contributed by atoms with Crippen molar-refractivity contribution in [2.75, 3.05) is 12.0 Å². The maximum Gasteiger partial charge on any atom is 0.140 e. The molecule has 0 aliphatic carbocycles. The number of rotatable bonds is 3. The van der Waals surface area contributed by atoms with Crippen LogP contribution in [0.1, 0.15) is 5.56 Å². The van der Waals surface area contributed by atoms with Crippen LogP contribution >= 0.6 is 11.6 Å². The topological polar surface area (TPSA) is 37.2 Å². The van der Waals surface area contributed by atoms with Crippen LogP contribution in [0.2, 0.25) is 0 Å². The van der Waals surface area contributed by atoms with Gasteiger partial charge in [0, 0.05) is 11.9 Å². The Balaban J connectivity index is 1.77. The predicted octanol–water partition coefficient (Wildman–Crippen LogP) is 4.18. The number of ether oxygens (including phenoxy) is 1. The van der Waals surface area contributed by atoms with Gasteiger partial charge >= 0.3 is 0 Å². The van der Waals surface area contributed by atoms with Crippen molar-refractivity contribution in [3.8, 4) is 5.75 Å². The molecule has 2 aliphatic heterocycles. The molecule has 0 spiro atoms. The summed E-state index contributed by atoms with van der Waals surface area (Å²) in [6.07, 6.45) is 3.55. The van der Waals surface area contributed by atoms with Gasteiger partial charge in [0.2, 0.25) is 0 Å². The van der Waals surface area contributed by atoms with Crippen molar-refractivity contribution in [3.63, 3.8) is 0 Å². The van der Waals surface area contributed by atoms with Crippen LogP contribution in [-0.2, 0) is 0 Å². The molecule has 4 nitrogen and oxygen atoms in total. The Labute approximate surface area is 145 Å². The summed E-state index contributed by atoms with van der Waals surface area (Å²) >= 11 is 6.43. The number of hydrogen-bond acceptors (Lipinski definition) is 4. The number of halogens is 1. The Morgan fingerprint density at radius 3 is 2.50 bits per heavy atom. The lowest BCUT2D eigenvalue weighted by Crippen LogP contribution is -2.35. The maximum atomic E-state index is 6.43. The van der Waals surface area contributed by atoms with Gasteiger partial charge in [0.25, 0.3) is 0 Å². The number of anilines is 1. The van der Waals surface area contributed by atoms with Gasteiger partial charge in [-0.2, -0.15) is 0 Å². The molecule has 2 aromatic rings. The fourth-order valence-corrected chi connectivity index (χ4v) is 3.41. The minimum absolute atomic E-state index is 0.0545. The van der Waals surface area contributed by atoms with Crippen molar-refractivity contribution < 1.29 is 4.74 Å². The second-order valence-electron chi connectivity index (χ2n) is 5.66. The van der Waals surface area contributed by atoms with Crippen molar-refractivity contribution in [2.45, 2.75) is 6.17 Å². The lowest BCUT2D eigenvalue weighted by molar-refractivity contribution is 0.415. The minimum Gasteiger partial charge on any atom is -0.497 e. The number of benzene rings is 2. The molecule has 2 heterocycles. The van der Waals surface area contributed by atoms with Gasteiger partial charge in [0.15, 0.2) is 0 Å². The molecule has 4 rings (SSSR count). The van der Waals surface area contributed by atoms with E-state index < -0.39 is 0 Å². The zero-order valence-electron chi connectivity index (χ0n) is 13.1. The number of methoxy groups -OCH3 is 1. The van der Waals surface area contributed by atoms with E-state index in [0.717, 1.165) is 22.6 Å². The highest BCUT2D eigenvalue weighted by atomic mass is 35.5. The van der Waals surface area contributed by atoms with Crippen LogP contribution in [0.25, 0.3) is 5.57 Å². The highest BCUT2D eigenvalue weighted by molar-refractivity contribution is 6.67. The van der Waals surface area contributed by atoms with E-state index in [4.69, 9.17) is 16.3 Å². The Morgan fingerprint density at radius 2 is 1.79 bits per heavy atom. The minimum atomic E-state index is -0.112. The summed E-state index contributed by atoms with van der Waals surface area (Å²) in [5, 5.41) is 0.570. The van der Waals surface area contributed by atoms with Crippen LogP contribution in [0, 0.1) is 5.92 Å². The van der Waals surface area contributed by atoms with Gasteiger partial charge in [-0.05, 0) is 35.4 Å². The monoisotopic (exact) mass is 337 g/mol. The van der Waals surface area contributed by atoms with Gasteiger partial charge < -0.3 is 9.64 Å². The van der Waals surface area contributed by atoms with Gasteiger partial charge in [-0.25, -0.2) is 9.98 Å². The first-order valence-corrected chi connectivity index (χ1v) is 8.10. The average Bonchev–Trinajstić information content (AvgIpc) is 3.04. The van der Waals surface area contributed by atoms with E-state index in [1.165, 1.54) is 0 Å². The molecule has 2 atom stereocenters. The third-order valence-corrected chi connectivity index (χ3v) is 4.66. The van der Waals surface area contributed by atoms with Gasteiger partial charge in [-0.15, -0.1) is 0 Å². The van der Waals surface area contributed by atoms with Gasteiger partial charge in [-0.1, -0.05) is 41.9 Å². The molecule has 0 fully saturated rings. The van der Waals surface area contributed by atoms with Crippen molar-refractivity contribution in [3.05, 3.63) is 66.4 Å². The van der Waals surface area contributed by atoms with Crippen LogP contribution in [-0.4, -0.2) is 24.8 Å². The van der Waals surface area contributed by atoms with E-state index in [2.05, 4.69) is 33.2 Å². The molecule has 120 valence electrons. The molecule has 0 saturated heterocycles. The molecule has 2 aliphatic rings. The molecule has 5 heteroatoms. The predicted molar refractivity (Wildman–Crippen MR) is 99.0 cm³/mol. The van der Waals surface area contributed by atoms with Crippen LogP contribution < -0.4 is 9.64 Å². The highest BCUT2D eigenvalue weighted by Crippen LogP contribution is 2.41. The smallest absolute Gasteiger partial charge is 0.140 e. The maximum absolute atomic E-state index is 6.43. The van der Waals surface area contributed by atoms with E-state index in [0.29, 0.717) is 5.17 Å². The second kappa shape index (κ2) is 6.13. The standard InChI is InChI=1S/C19H16ClN3O/c1-24-15-9-7-14(8-10-15)23-11-16(13-5-3-2-4-6-13)17-18(20)21-12-22-19(17)23/h2-12,17,19H,1H3. The molecule has 24 heavy (non-hydrogen) atoms. The third kappa shape index (κ3) is 2.49. The third-order valence-electron chi connectivity index (χ3n) is 4.33. The number of hydrogen-bond donors (Lipinski definition) is 0. The summed E-state index contributed by atoms with van der Waals surface area (Å²) in [4.78, 5) is 10.9. The highest BCUT2D eigenvalue weighted by Gasteiger charge is 2.40. The lowest BCUT2D eigenvalue weighted by Gasteiger charge is -2.28. The van der Waals surface area contributed by atoms with E-state index in [9.17, 15) is 0 Å². The van der Waals surface area contributed by atoms with Gasteiger partial charge in [0.1, 0.15) is 23.4 Å². The molecule has 0 bridgehead atoms. The molecule has 0 aromatic heterocycles. The normalized spacial score (nSPS) is 22.0. The molecule has 0 N–H and O–H groups in total. The Bertz CT molecular complexity index is 827. The van der Waals surface area contributed by atoms with Crippen LogP contribution in [0.15, 0.2) is 70.8 Å². The van der Waals surface area contributed by atoms with Crippen molar-refractivity contribution in [1.82, 2.24) is 0 Å². The number of fused-ring (bicyclic) bond motifs is 1. The quantitative estimate of drug-likeness (QED) is 0.842. The lowest BCUT2D eigenvalue weighted by atomic mass is 9.93. The Hall–Kier alpha value is -2.59. The molecular formula is C19H16ClN3O. The summed E-state index contributed by atoms with van der Waals surface area (Å²) in [7, 11) is 1.66. The molecular weight excluding hydrogens is 322 g/mol. The van der Waals surface area contributed by atoms with Crippen LogP contribution in [0.4, 0.5) is 5.69 Å².